The largest absolute Gasteiger partial charge is 0.316 e. The average molecular weight is 175 g/mol. The predicted molar refractivity (Wildman–Crippen MR) is 49.3 cm³/mol. The first-order valence-electron chi connectivity index (χ1n) is 4.87. The third-order valence-electron chi connectivity index (χ3n) is 3.43. The maximum absolute atomic E-state index is 4.32. The Morgan fingerprint density at radius 2 is 2.54 bits per heavy atom. The second kappa shape index (κ2) is 2.51. The van der Waals surface area contributed by atoms with Crippen LogP contribution in [-0.2, 0) is 0 Å². The molecule has 0 aromatic carbocycles. The highest BCUT2D eigenvalue weighted by molar-refractivity contribution is 5.24. The molecule has 1 saturated carbocycles. The lowest BCUT2D eigenvalue weighted by atomic mass is 10.0. The Balaban J connectivity index is 1.83. The minimum atomic E-state index is 0.564. The second-order valence-corrected chi connectivity index (χ2v) is 4.18. The topological polar surface area (TPSA) is 37.8 Å². The maximum atomic E-state index is 4.32. The summed E-state index contributed by atoms with van der Waals surface area (Å²) < 4.78 is 0. The van der Waals surface area contributed by atoms with Gasteiger partial charge in [0, 0.05) is 24.4 Å². The number of hydrogen-bond acceptors (Lipinski definition) is 3. The molecule has 2 heterocycles. The molecule has 3 nitrogen and oxygen atoms in total. The molecule has 2 aliphatic rings. The molecule has 3 heteroatoms. The van der Waals surface area contributed by atoms with Gasteiger partial charge in [-0.1, -0.05) is 0 Å². The molecule has 2 atom stereocenters. The summed E-state index contributed by atoms with van der Waals surface area (Å²) in [4.78, 5) is 8.26. The van der Waals surface area contributed by atoms with E-state index in [4.69, 9.17) is 0 Å². The minimum absolute atomic E-state index is 0.564. The Labute approximate surface area is 77.6 Å². The first-order chi connectivity index (χ1) is 6.41. The van der Waals surface area contributed by atoms with Gasteiger partial charge >= 0.3 is 0 Å². The molecule has 1 aliphatic carbocycles. The summed E-state index contributed by atoms with van der Waals surface area (Å²) in [5.41, 5.74) is 1.80. The molecule has 3 rings (SSSR count). The lowest BCUT2D eigenvalue weighted by molar-refractivity contribution is 0.545. The highest BCUT2D eigenvalue weighted by Crippen LogP contribution is 2.61. The monoisotopic (exact) mass is 175 g/mol. The van der Waals surface area contributed by atoms with E-state index in [1.54, 1.807) is 6.33 Å². The van der Waals surface area contributed by atoms with Crippen LogP contribution in [0.15, 0.2) is 18.6 Å². The van der Waals surface area contributed by atoms with Gasteiger partial charge in [-0.05, 0) is 30.9 Å². The molecule has 68 valence electrons. The van der Waals surface area contributed by atoms with Crippen LogP contribution in [0.25, 0.3) is 0 Å². The van der Waals surface area contributed by atoms with Crippen molar-refractivity contribution in [3.05, 3.63) is 24.3 Å². The van der Waals surface area contributed by atoms with E-state index in [-0.39, 0.29) is 0 Å². The first kappa shape index (κ1) is 7.44. The number of aromatic nitrogens is 2. The van der Waals surface area contributed by atoms with E-state index in [0.717, 1.165) is 0 Å². The summed E-state index contributed by atoms with van der Waals surface area (Å²) >= 11 is 0. The molecule has 1 saturated heterocycles. The Morgan fingerprint density at radius 1 is 1.54 bits per heavy atom. The predicted octanol–water partition coefficient (Wildman–Crippen LogP) is 0.944. The van der Waals surface area contributed by atoms with E-state index in [1.165, 1.54) is 31.6 Å². The Bertz CT molecular complexity index is 303. The zero-order valence-electron chi connectivity index (χ0n) is 7.53. The number of nitrogens with zero attached hydrogens (tertiary/aromatic N) is 2. The summed E-state index contributed by atoms with van der Waals surface area (Å²) in [6, 6.07) is 2.05. The van der Waals surface area contributed by atoms with Crippen LogP contribution >= 0.6 is 0 Å². The Hall–Kier alpha value is -0.960. The van der Waals surface area contributed by atoms with Crippen LogP contribution in [-0.4, -0.2) is 23.1 Å². The Kier molecular flexibility index (Phi) is 1.44. The van der Waals surface area contributed by atoms with Gasteiger partial charge < -0.3 is 5.32 Å². The molecule has 1 aromatic heterocycles. The summed E-state index contributed by atoms with van der Waals surface area (Å²) in [6.07, 6.45) is 6.14. The number of hydrogen-bond donors (Lipinski definition) is 1. The van der Waals surface area contributed by atoms with Gasteiger partial charge in [-0.25, -0.2) is 9.97 Å². The quantitative estimate of drug-likeness (QED) is 0.690. The standard InChI is InChI=1S/C10H13N3/c1-3-12-7-13-9(1)8-5-10(8)2-4-11-6-10/h1,3,7-8,11H,2,4-6H2. The third-order valence-corrected chi connectivity index (χ3v) is 3.43. The summed E-state index contributed by atoms with van der Waals surface area (Å²) in [5.74, 6) is 0.700. The van der Waals surface area contributed by atoms with Crippen LogP contribution in [0, 0.1) is 5.41 Å². The minimum Gasteiger partial charge on any atom is -0.316 e. The van der Waals surface area contributed by atoms with Crippen molar-refractivity contribution >= 4 is 0 Å². The van der Waals surface area contributed by atoms with E-state index in [1.807, 2.05) is 6.20 Å². The molecule has 0 radical (unpaired) electrons. The van der Waals surface area contributed by atoms with Crippen LogP contribution < -0.4 is 5.32 Å². The van der Waals surface area contributed by atoms with Gasteiger partial charge in [0.1, 0.15) is 6.33 Å². The number of rotatable bonds is 1. The first-order valence-corrected chi connectivity index (χ1v) is 4.87. The molecule has 2 fully saturated rings. The second-order valence-electron chi connectivity index (χ2n) is 4.18. The summed E-state index contributed by atoms with van der Waals surface area (Å²) in [5, 5.41) is 3.43. The fourth-order valence-corrected chi connectivity index (χ4v) is 2.51. The van der Waals surface area contributed by atoms with Crippen molar-refractivity contribution in [2.75, 3.05) is 13.1 Å². The van der Waals surface area contributed by atoms with Gasteiger partial charge in [0.05, 0.1) is 0 Å². The van der Waals surface area contributed by atoms with Crippen molar-refractivity contribution in [2.45, 2.75) is 18.8 Å². The van der Waals surface area contributed by atoms with Gasteiger partial charge in [0.25, 0.3) is 0 Å². The maximum Gasteiger partial charge on any atom is 0.115 e. The van der Waals surface area contributed by atoms with E-state index in [2.05, 4.69) is 21.4 Å². The van der Waals surface area contributed by atoms with Gasteiger partial charge in [-0.3, -0.25) is 0 Å². The van der Waals surface area contributed by atoms with E-state index >= 15 is 0 Å². The lowest BCUT2D eigenvalue weighted by Gasteiger charge is -2.05. The molecule has 1 N–H and O–H groups in total. The highest BCUT2D eigenvalue weighted by atomic mass is 15.0. The van der Waals surface area contributed by atoms with Crippen LogP contribution in [0.4, 0.5) is 0 Å². The fourth-order valence-electron chi connectivity index (χ4n) is 2.51. The lowest BCUT2D eigenvalue weighted by Crippen LogP contribution is -2.11. The van der Waals surface area contributed by atoms with Crippen molar-refractivity contribution in [1.82, 2.24) is 15.3 Å². The van der Waals surface area contributed by atoms with Crippen molar-refractivity contribution < 1.29 is 0 Å². The normalized spacial score (nSPS) is 36.8. The van der Waals surface area contributed by atoms with Crippen LogP contribution in [0.1, 0.15) is 24.5 Å². The zero-order valence-corrected chi connectivity index (χ0v) is 7.53. The molecular formula is C10H13N3. The molecule has 1 aliphatic heterocycles. The highest BCUT2D eigenvalue weighted by Gasteiger charge is 2.56. The summed E-state index contributed by atoms with van der Waals surface area (Å²) in [7, 11) is 0. The van der Waals surface area contributed by atoms with E-state index < -0.39 is 0 Å². The van der Waals surface area contributed by atoms with Crippen LogP contribution in [0.3, 0.4) is 0 Å². The zero-order chi connectivity index (χ0) is 8.73. The van der Waals surface area contributed by atoms with Gasteiger partial charge in [0.2, 0.25) is 0 Å². The summed E-state index contributed by atoms with van der Waals surface area (Å²) in [6.45, 7) is 2.36. The van der Waals surface area contributed by atoms with Gasteiger partial charge in [-0.2, -0.15) is 0 Å². The van der Waals surface area contributed by atoms with Crippen LogP contribution in [0.5, 0.6) is 0 Å². The number of nitrogens with one attached hydrogen (secondary N) is 1. The smallest absolute Gasteiger partial charge is 0.115 e. The molecule has 0 amide bonds. The van der Waals surface area contributed by atoms with Crippen molar-refractivity contribution in [1.29, 1.82) is 0 Å². The van der Waals surface area contributed by atoms with Crippen molar-refractivity contribution in [3.63, 3.8) is 0 Å². The van der Waals surface area contributed by atoms with Gasteiger partial charge in [0.15, 0.2) is 0 Å². The third kappa shape index (κ3) is 1.07. The Morgan fingerprint density at radius 3 is 3.23 bits per heavy atom. The van der Waals surface area contributed by atoms with Crippen molar-refractivity contribution in [3.8, 4) is 0 Å². The molecule has 1 spiro atoms. The SMILES string of the molecule is c1cc(C2CC23CCNC3)ncn1. The van der Waals surface area contributed by atoms with E-state index in [0.29, 0.717) is 11.3 Å². The average Bonchev–Trinajstić information content (AvgIpc) is 2.66. The molecule has 13 heavy (non-hydrogen) atoms. The van der Waals surface area contributed by atoms with Crippen molar-refractivity contribution in [2.24, 2.45) is 5.41 Å². The molecule has 1 aromatic rings. The van der Waals surface area contributed by atoms with Crippen LogP contribution in [0.2, 0.25) is 0 Å². The molecule has 0 bridgehead atoms. The molecule has 2 unspecified atom stereocenters. The van der Waals surface area contributed by atoms with Gasteiger partial charge in [-0.15, -0.1) is 0 Å². The molecular weight excluding hydrogens is 162 g/mol. The van der Waals surface area contributed by atoms with E-state index in [9.17, 15) is 0 Å². The fraction of sp³-hybridized carbons (Fsp3) is 0.600.